The van der Waals surface area contributed by atoms with E-state index in [-0.39, 0.29) is 16.3 Å². The minimum atomic E-state index is -3.16. The molecule has 12 heterocycles. The van der Waals surface area contributed by atoms with E-state index >= 15 is 0 Å². The highest BCUT2D eigenvalue weighted by Crippen LogP contribution is 2.03. The van der Waals surface area contributed by atoms with Crippen LogP contribution < -0.4 is 49.0 Å². The number of thiazole rings is 1. The SMILES string of the molecule is C1=NCCCO1.C1=NCCCS1.C1CCNCC1.C1CNCCN1.C1COCCN1.C1COCCO1.CC.CC.CC.CC.CC.CC.CC.CC.CC.CC.CC.CC.CC.CC.CC.CC.CC.CC.CC.CC.CC.CC.CC.CC.O=S1(=O)C=CC=N1.O=c1[nH]cc[nH]1.O=c1[nH]cc[nH]1.O=c1[nH]cco1.O=c1[nH]cco1.O=c1[nH]ccs1. The zero-order valence-electron chi connectivity index (χ0n) is 88.8. The van der Waals surface area contributed by atoms with Gasteiger partial charge in [0, 0.05) is 120 Å². The molecule has 746 valence electrons. The minimum Gasteiger partial charge on any atom is -0.483 e. The molecule has 7 aliphatic rings. The summed E-state index contributed by atoms with van der Waals surface area (Å²) in [5.74, 6) is 0.453. The van der Waals surface area contributed by atoms with Gasteiger partial charge >= 0.3 is 27.8 Å². The standard InChI is InChI=1S/C5H11N.C4H10N2.C4H9NO.C4H7NO.C4H7NS.C4H8O2.2C3H4N2O.C3H3NO2S.2C3H3NO2.C3H3NOS.24C2H6/c1-2-4-6-5-3-1;1-2-6-4-3-5-1;1-3-6-4-2-5-1;2*1-2-5-4-6-3-1;1-2-6-4-3-5-1;2*6-3-4-1-2-5-3;5-7(6)3-1-2-4-7;3*5-3-4-1-2-6-3;24*1-2/h6H,1-5H2;5-6H,1-4H2;5H,1-4H2;2*4H,1-3H2;1-4H2;2*1-2H,(H2,4,5,6);1-3H;3*1-2H,(H,4,5);24*1-2H3. The van der Waals surface area contributed by atoms with Gasteiger partial charge in [-0.15, -0.1) is 11.8 Å². The maximum absolute atomic E-state index is 10.1. The lowest BCUT2D eigenvalue weighted by Gasteiger charge is -2.11. The van der Waals surface area contributed by atoms with Gasteiger partial charge in [-0.3, -0.25) is 24.7 Å². The van der Waals surface area contributed by atoms with Crippen molar-refractivity contribution in [2.75, 3.05) is 117 Å². The first-order chi connectivity index (χ1) is 59.7. The molecular formula is C91H216N14O13S3. The molecular weight excluding hydrogens is 1590 g/mol. The Bertz CT molecular complexity index is 2000. The van der Waals surface area contributed by atoms with Crippen molar-refractivity contribution < 1.29 is 36.2 Å². The van der Waals surface area contributed by atoms with E-state index < -0.39 is 21.5 Å². The molecule has 0 saturated carbocycles. The molecule has 121 heavy (non-hydrogen) atoms. The number of hydrogen-bond donors (Lipinski definition) is 11. The molecule has 0 spiro atoms. The lowest BCUT2D eigenvalue weighted by atomic mass is 10.2. The summed E-state index contributed by atoms with van der Waals surface area (Å²) in [5.41, 5.74) is 1.62. The number of rotatable bonds is 0. The number of thioether (sulfide) groups is 1. The maximum atomic E-state index is 10.1. The van der Waals surface area contributed by atoms with Crippen LogP contribution in [0, 0.1) is 0 Å². The molecule has 0 aliphatic carbocycles. The molecule has 5 aromatic heterocycles. The van der Waals surface area contributed by atoms with E-state index in [1.54, 1.807) is 48.1 Å². The fourth-order valence-corrected chi connectivity index (χ4v) is 6.28. The van der Waals surface area contributed by atoms with Crippen LogP contribution in [0.4, 0.5) is 0 Å². The molecule has 7 aliphatic heterocycles. The summed E-state index contributed by atoms with van der Waals surface area (Å²) in [6, 6.07) is 0. The number of aromatic nitrogens is 7. The number of nitrogens with zero attached hydrogens (tertiary/aromatic N) is 3. The van der Waals surface area contributed by atoms with Crippen molar-refractivity contribution in [1.82, 2.24) is 56.2 Å². The van der Waals surface area contributed by atoms with Gasteiger partial charge in [-0.25, -0.2) is 19.2 Å². The molecule has 12 rings (SSSR count). The Morgan fingerprint density at radius 2 is 0.636 bits per heavy atom. The smallest absolute Gasteiger partial charge is 0.416 e. The fraction of sp³-hybridized carbons (Fsp3) is 0.780. The van der Waals surface area contributed by atoms with E-state index in [1.165, 1.54) is 99.5 Å². The average Bonchev–Trinajstić information content (AvgIpc) is 1.79. The van der Waals surface area contributed by atoms with Crippen LogP contribution in [0.3, 0.4) is 0 Å². The third-order valence-corrected chi connectivity index (χ3v) is 10.4. The van der Waals surface area contributed by atoms with Crippen molar-refractivity contribution in [2.24, 2.45) is 14.4 Å². The highest BCUT2D eigenvalue weighted by atomic mass is 32.2. The van der Waals surface area contributed by atoms with E-state index in [4.69, 9.17) is 18.9 Å². The van der Waals surface area contributed by atoms with Crippen LogP contribution in [0.15, 0.2) is 120 Å². The molecule has 11 N–H and O–H groups in total. The molecule has 5 aromatic rings. The predicted octanol–water partition coefficient (Wildman–Crippen LogP) is 25.5. The van der Waals surface area contributed by atoms with Gasteiger partial charge in [0.1, 0.15) is 12.5 Å². The van der Waals surface area contributed by atoms with Crippen LogP contribution in [0.1, 0.15) is 364 Å². The summed E-state index contributed by atoms with van der Waals surface area (Å²) in [6.07, 6.45) is 24.0. The van der Waals surface area contributed by atoms with Gasteiger partial charge in [-0.1, -0.05) is 350 Å². The molecule has 0 bridgehead atoms. The molecule has 0 unspecified atom stereocenters. The molecule has 30 heteroatoms. The number of hydrogen-bond acceptors (Lipinski definition) is 21. The lowest BCUT2D eigenvalue weighted by Crippen LogP contribution is -2.39. The first-order valence-corrected chi connectivity index (χ1v) is 50.6. The molecule has 0 atom stereocenters. The Balaban J connectivity index is -0.0000000369. The predicted molar refractivity (Wildman–Crippen MR) is 557 cm³/mol. The van der Waals surface area contributed by atoms with Crippen LogP contribution in [0.2, 0.25) is 0 Å². The number of nitrogens with one attached hydrogen (secondary N) is 11. The van der Waals surface area contributed by atoms with Crippen molar-refractivity contribution in [3.63, 3.8) is 0 Å². The number of oxazole rings is 2. The number of piperazine rings is 1. The molecule has 0 aromatic carbocycles. The fourth-order valence-electron chi connectivity index (χ4n) is 4.69. The second-order valence-corrected chi connectivity index (χ2v) is 17.3. The molecule has 27 nitrogen and oxygen atoms in total. The molecule has 0 amide bonds. The lowest BCUT2D eigenvalue weighted by molar-refractivity contribution is -0.0334. The number of ether oxygens (including phenoxy) is 4. The van der Waals surface area contributed by atoms with Gasteiger partial charge < -0.3 is 74.0 Å². The van der Waals surface area contributed by atoms with Crippen molar-refractivity contribution in [2.45, 2.75) is 364 Å². The number of H-pyrrole nitrogens is 7. The number of allylic oxidation sites excluding steroid dienone is 1. The maximum Gasteiger partial charge on any atom is 0.416 e. The summed E-state index contributed by atoms with van der Waals surface area (Å²) in [6.45, 7) is 113. The Kier molecular flexibility index (Phi) is 386. The van der Waals surface area contributed by atoms with Crippen molar-refractivity contribution in [1.29, 1.82) is 0 Å². The van der Waals surface area contributed by atoms with Gasteiger partial charge in [0.15, 0.2) is 6.40 Å². The van der Waals surface area contributed by atoms with E-state index in [0.717, 1.165) is 110 Å². The topological polar surface area (TPSA) is 378 Å². The van der Waals surface area contributed by atoms with Crippen molar-refractivity contribution in [3.05, 3.63) is 125 Å². The van der Waals surface area contributed by atoms with Crippen molar-refractivity contribution in [3.8, 4) is 0 Å². The summed E-state index contributed by atoms with van der Waals surface area (Å²) < 4.78 is 51.5. The Labute approximate surface area is 760 Å². The highest BCUT2D eigenvalue weighted by Gasteiger charge is 2.02. The average molecular weight is 1810 g/mol. The van der Waals surface area contributed by atoms with Crippen LogP contribution in [0.5, 0.6) is 0 Å². The van der Waals surface area contributed by atoms with E-state index in [0.29, 0.717) is 0 Å². The second kappa shape index (κ2) is 259. The van der Waals surface area contributed by atoms with E-state index in [9.17, 15) is 32.4 Å². The Morgan fingerprint density at radius 1 is 0.322 bits per heavy atom. The summed E-state index contributed by atoms with van der Waals surface area (Å²) >= 11 is 2.97. The zero-order valence-corrected chi connectivity index (χ0v) is 91.2. The van der Waals surface area contributed by atoms with Gasteiger partial charge in [-0.2, -0.15) is 12.8 Å². The Hall–Kier alpha value is -5.96. The van der Waals surface area contributed by atoms with Crippen LogP contribution in [0.25, 0.3) is 0 Å². The number of imidazole rings is 2. The van der Waals surface area contributed by atoms with Crippen molar-refractivity contribution >= 4 is 51.3 Å². The van der Waals surface area contributed by atoms with Crippen LogP contribution in [-0.4, -0.2) is 179 Å². The number of aliphatic imine (C=N–C) groups is 2. The first-order valence-electron chi connectivity index (χ1n) is 47.2. The summed E-state index contributed by atoms with van der Waals surface area (Å²) in [4.78, 5) is 74.1. The molecule has 4 fully saturated rings. The number of aromatic amines is 7. The monoisotopic (exact) mass is 1810 g/mol. The third kappa shape index (κ3) is 261. The summed E-state index contributed by atoms with van der Waals surface area (Å²) in [7, 11) is -3.16. The summed E-state index contributed by atoms with van der Waals surface area (Å²) in [5, 5.41) is 15.6. The largest absolute Gasteiger partial charge is 0.483 e. The zero-order chi connectivity index (χ0) is 101. The Morgan fingerprint density at radius 3 is 0.719 bits per heavy atom. The number of piperidine rings is 1. The minimum absolute atomic E-state index is 0.00926. The highest BCUT2D eigenvalue weighted by molar-refractivity contribution is 8.12. The number of morpholine rings is 1. The molecule has 4 saturated heterocycles. The van der Waals surface area contributed by atoms with Gasteiger partial charge in [0.2, 0.25) is 0 Å². The van der Waals surface area contributed by atoms with E-state index in [1.807, 2.05) is 338 Å². The molecule has 0 radical (unpaired) electrons. The van der Waals surface area contributed by atoms with Gasteiger partial charge in [0.25, 0.3) is 10.0 Å². The second-order valence-electron chi connectivity index (χ2n) is 13.9. The number of sulfonamides is 1. The van der Waals surface area contributed by atoms with Crippen LogP contribution in [-0.2, 0) is 29.0 Å². The van der Waals surface area contributed by atoms with Gasteiger partial charge in [-0.05, 0) is 38.4 Å². The van der Waals surface area contributed by atoms with E-state index in [2.05, 4.69) is 79.4 Å². The van der Waals surface area contributed by atoms with Crippen LogP contribution >= 0.6 is 23.1 Å². The quantitative estimate of drug-likeness (QED) is 0.0686. The third-order valence-electron chi connectivity index (χ3n) is 8.05. The normalized spacial score (nSPS) is 11.5. The van der Waals surface area contributed by atoms with Gasteiger partial charge in [0.05, 0.1) is 57.2 Å². The first kappa shape index (κ1) is 181.